The van der Waals surface area contributed by atoms with Gasteiger partial charge in [-0.05, 0) is 6.92 Å². The van der Waals surface area contributed by atoms with E-state index in [1.54, 1.807) is 0 Å². The Kier molecular flexibility index (Phi) is 4.96. The molecule has 0 amide bonds. The van der Waals surface area contributed by atoms with Gasteiger partial charge in [0.05, 0.1) is 11.5 Å². The summed E-state index contributed by atoms with van der Waals surface area (Å²) < 4.78 is 45.6. The summed E-state index contributed by atoms with van der Waals surface area (Å²) in [4.78, 5) is 0. The van der Waals surface area contributed by atoms with Gasteiger partial charge in [-0.3, -0.25) is 0 Å². The minimum absolute atomic E-state index is 0.386. The van der Waals surface area contributed by atoms with E-state index in [-0.39, 0.29) is 11.5 Å². The van der Waals surface area contributed by atoms with Crippen molar-refractivity contribution < 1.29 is 16.8 Å². The van der Waals surface area contributed by atoms with Crippen LogP contribution < -0.4 is 0 Å². The average molecular weight is 250 g/mol. The van der Waals surface area contributed by atoms with Gasteiger partial charge in [-0.2, -0.15) is 0 Å². The monoisotopic (exact) mass is 250 g/mol. The zero-order chi connectivity index (χ0) is 12.1. The van der Waals surface area contributed by atoms with Crippen LogP contribution in [0.1, 0.15) is 6.92 Å². The Morgan fingerprint density at radius 1 is 1.00 bits per heavy atom. The summed E-state index contributed by atoms with van der Waals surface area (Å²) in [5.41, 5.74) is 0. The van der Waals surface area contributed by atoms with Crippen molar-refractivity contribution in [1.29, 1.82) is 0 Å². The second-order valence-electron chi connectivity index (χ2n) is 2.75. The minimum atomic E-state index is -3.80. The molecule has 86 valence electrons. The number of hydrogen-bond acceptors (Lipinski definition) is 4. The van der Waals surface area contributed by atoms with Gasteiger partial charge in [0.2, 0.25) is 0 Å². The summed E-state index contributed by atoms with van der Waals surface area (Å²) in [6.45, 7) is 7.91. The van der Waals surface area contributed by atoms with E-state index in [1.807, 2.05) is 0 Å². The molecule has 0 unspecified atom stereocenters. The quantitative estimate of drug-likeness (QED) is 0.661. The maximum atomic E-state index is 11.5. The fourth-order valence-corrected chi connectivity index (χ4v) is 4.65. The van der Waals surface area contributed by atoms with Crippen LogP contribution in [0.3, 0.4) is 0 Å². The van der Waals surface area contributed by atoms with Crippen LogP contribution in [0.5, 0.6) is 0 Å². The highest BCUT2D eigenvalue weighted by molar-refractivity contribution is 8.14. The van der Waals surface area contributed by atoms with Crippen molar-refractivity contribution in [1.82, 2.24) is 0 Å². The number of rotatable bonds is 6. The van der Waals surface area contributed by atoms with E-state index in [4.69, 9.17) is 0 Å². The molecule has 0 bridgehead atoms. The van der Waals surface area contributed by atoms with Crippen LogP contribution in [0.4, 0.5) is 0 Å². The normalized spacial score (nSPS) is 11.8. The van der Waals surface area contributed by atoms with E-state index in [0.29, 0.717) is 0 Å². The highest BCUT2D eigenvalue weighted by Gasteiger charge is 2.27. The average Bonchev–Trinajstić information content (AvgIpc) is 2.02. The van der Waals surface area contributed by atoms with Gasteiger partial charge < -0.3 is 0 Å². The van der Waals surface area contributed by atoms with Crippen LogP contribution in [0.2, 0.25) is 0 Å². The predicted molar refractivity (Wildman–Crippen MR) is 61.7 cm³/mol. The summed E-state index contributed by atoms with van der Waals surface area (Å²) in [5.74, 6) is -0.772. The molecule has 0 radical (unpaired) electrons. The van der Waals surface area contributed by atoms with Crippen molar-refractivity contribution in [3.05, 3.63) is 35.6 Å². The van der Waals surface area contributed by atoms with Crippen molar-refractivity contribution in [2.45, 2.75) is 6.92 Å². The fourth-order valence-electron chi connectivity index (χ4n) is 1.03. The molecule has 0 aromatic carbocycles. The Morgan fingerprint density at radius 2 is 1.33 bits per heavy atom. The number of hydrogen-bond donors (Lipinski definition) is 0. The summed E-state index contributed by atoms with van der Waals surface area (Å²) >= 11 is 0. The van der Waals surface area contributed by atoms with E-state index < -0.39 is 23.9 Å². The van der Waals surface area contributed by atoms with Gasteiger partial charge in [0, 0.05) is 0 Å². The molecule has 0 aromatic rings. The van der Waals surface area contributed by atoms with Gasteiger partial charge in [0.15, 0.2) is 23.9 Å². The molecule has 0 N–H and O–H groups in total. The largest absolute Gasteiger partial charge is 0.223 e. The molecule has 0 atom stereocenters. The van der Waals surface area contributed by atoms with E-state index in [9.17, 15) is 16.8 Å². The Hall–Kier alpha value is -0.880. The zero-order valence-corrected chi connectivity index (χ0v) is 10.1. The first-order valence-corrected chi connectivity index (χ1v) is 7.46. The summed E-state index contributed by atoms with van der Waals surface area (Å²) in [7, 11) is -7.59. The minimum Gasteiger partial charge on any atom is -0.223 e. The molecule has 0 fully saturated rings. The van der Waals surface area contributed by atoms with E-state index in [1.165, 1.54) is 6.92 Å². The van der Waals surface area contributed by atoms with Crippen molar-refractivity contribution in [3.8, 4) is 0 Å². The second kappa shape index (κ2) is 5.27. The van der Waals surface area contributed by atoms with Gasteiger partial charge in [-0.15, -0.1) is 13.2 Å². The molecular formula is C9H14O4S2. The van der Waals surface area contributed by atoms with E-state index in [2.05, 4.69) is 13.2 Å². The third-order valence-electron chi connectivity index (χ3n) is 1.52. The molecule has 15 heavy (non-hydrogen) atoms. The SMILES string of the molecule is C=CCS(=O)(=O)C(=CC)S(=O)(=O)CC=C. The van der Waals surface area contributed by atoms with Crippen molar-refractivity contribution >= 4 is 19.7 Å². The molecule has 6 heteroatoms. The third kappa shape index (κ3) is 3.64. The first kappa shape index (κ1) is 14.1. The lowest BCUT2D eigenvalue weighted by atomic mass is 10.8. The predicted octanol–water partition coefficient (Wildman–Crippen LogP) is 1.05. The molecule has 0 rings (SSSR count). The summed E-state index contributed by atoms with van der Waals surface area (Å²) in [5, 5.41) is 0. The van der Waals surface area contributed by atoms with Gasteiger partial charge in [0.25, 0.3) is 0 Å². The highest BCUT2D eigenvalue weighted by Crippen LogP contribution is 2.16. The van der Waals surface area contributed by atoms with Crippen LogP contribution >= 0.6 is 0 Å². The Labute approximate surface area is 90.8 Å². The summed E-state index contributed by atoms with van der Waals surface area (Å²) in [6, 6.07) is 0. The Balaban J connectivity index is 5.49. The van der Waals surface area contributed by atoms with Crippen molar-refractivity contribution in [3.63, 3.8) is 0 Å². The maximum absolute atomic E-state index is 11.5. The topological polar surface area (TPSA) is 68.3 Å². The van der Waals surface area contributed by atoms with E-state index in [0.717, 1.165) is 18.2 Å². The molecule has 0 aromatic heterocycles. The van der Waals surface area contributed by atoms with Gasteiger partial charge in [-0.1, -0.05) is 18.2 Å². The molecule has 0 aliphatic carbocycles. The van der Waals surface area contributed by atoms with Crippen molar-refractivity contribution in [2.75, 3.05) is 11.5 Å². The molecule has 0 spiro atoms. The molecule has 4 nitrogen and oxygen atoms in total. The smallest absolute Gasteiger partial charge is 0.192 e. The van der Waals surface area contributed by atoms with Crippen LogP contribution in [0.15, 0.2) is 35.6 Å². The van der Waals surface area contributed by atoms with Crippen LogP contribution in [0, 0.1) is 0 Å². The zero-order valence-electron chi connectivity index (χ0n) is 8.51. The Morgan fingerprint density at radius 3 is 1.53 bits per heavy atom. The number of allylic oxidation sites excluding steroid dienone is 1. The maximum Gasteiger partial charge on any atom is 0.192 e. The van der Waals surface area contributed by atoms with Crippen LogP contribution in [0.25, 0.3) is 0 Å². The molecule has 0 aliphatic rings. The van der Waals surface area contributed by atoms with E-state index >= 15 is 0 Å². The molecule has 0 saturated carbocycles. The highest BCUT2D eigenvalue weighted by atomic mass is 32.3. The number of sulfone groups is 2. The van der Waals surface area contributed by atoms with Gasteiger partial charge in [0.1, 0.15) is 0 Å². The lowest BCUT2D eigenvalue weighted by Crippen LogP contribution is -2.18. The first-order valence-electron chi connectivity index (χ1n) is 4.15. The van der Waals surface area contributed by atoms with Gasteiger partial charge >= 0.3 is 0 Å². The molecule has 0 aliphatic heterocycles. The molecule has 0 heterocycles. The van der Waals surface area contributed by atoms with Crippen LogP contribution in [-0.2, 0) is 19.7 Å². The fraction of sp³-hybridized carbons (Fsp3) is 0.333. The molecule has 0 saturated heterocycles. The second-order valence-corrected chi connectivity index (χ2v) is 7.01. The van der Waals surface area contributed by atoms with Crippen LogP contribution in [-0.4, -0.2) is 28.3 Å². The lowest BCUT2D eigenvalue weighted by molar-refractivity contribution is 0.598. The standard InChI is InChI=1S/C9H14O4S2/c1-4-7-14(10,11)9(6-3)15(12,13)8-5-2/h4-6H,1-2,7-8H2,3H3. The van der Waals surface area contributed by atoms with Crippen molar-refractivity contribution in [2.24, 2.45) is 0 Å². The third-order valence-corrected chi connectivity index (χ3v) is 6.09. The molecular weight excluding hydrogens is 236 g/mol. The summed E-state index contributed by atoms with van der Waals surface area (Å²) in [6.07, 6.45) is 3.39. The Bertz CT molecular complexity index is 424. The lowest BCUT2D eigenvalue weighted by Gasteiger charge is -2.06. The van der Waals surface area contributed by atoms with Gasteiger partial charge in [-0.25, -0.2) is 16.8 Å². The first-order chi connectivity index (χ1) is 6.81.